The van der Waals surface area contributed by atoms with Crippen molar-refractivity contribution in [1.82, 2.24) is 9.97 Å². The largest absolute Gasteiger partial charge is 0.371 e. The van der Waals surface area contributed by atoms with E-state index in [0.717, 1.165) is 12.0 Å². The van der Waals surface area contributed by atoms with Gasteiger partial charge in [-0.05, 0) is 19.3 Å². The van der Waals surface area contributed by atoms with Crippen LogP contribution in [0.3, 0.4) is 0 Å². The first-order valence-electron chi connectivity index (χ1n) is 5.85. The summed E-state index contributed by atoms with van der Waals surface area (Å²) in [4.78, 5) is 8.58. The lowest BCUT2D eigenvalue weighted by atomic mass is 10.1. The van der Waals surface area contributed by atoms with Crippen LogP contribution in [0, 0.1) is 0 Å². The second-order valence-corrected chi connectivity index (χ2v) is 4.80. The molecule has 1 atom stereocenters. The van der Waals surface area contributed by atoms with Crippen molar-refractivity contribution in [2.45, 2.75) is 46.1 Å². The number of nitrogens with zero attached hydrogens (tertiary/aromatic N) is 2. The fourth-order valence-electron chi connectivity index (χ4n) is 1.63. The zero-order valence-electron chi connectivity index (χ0n) is 10.6. The standard InChI is InChI=1S/C12H18Cl2N2O/c1-5-8(17-6-2)12-15-10(13)9(7(3)4)11(14)16-12/h7-8H,5-6H2,1-4H3. The van der Waals surface area contributed by atoms with Crippen LogP contribution in [0.15, 0.2) is 0 Å². The van der Waals surface area contributed by atoms with Crippen molar-refractivity contribution in [3.63, 3.8) is 0 Å². The second kappa shape index (κ2) is 6.53. The molecule has 0 N–H and O–H groups in total. The van der Waals surface area contributed by atoms with Gasteiger partial charge in [0.15, 0.2) is 5.82 Å². The molecular weight excluding hydrogens is 259 g/mol. The zero-order valence-corrected chi connectivity index (χ0v) is 12.1. The smallest absolute Gasteiger partial charge is 0.160 e. The molecule has 0 aliphatic carbocycles. The molecule has 0 spiro atoms. The fourth-order valence-corrected chi connectivity index (χ4v) is 2.47. The number of hydrogen-bond acceptors (Lipinski definition) is 3. The van der Waals surface area contributed by atoms with E-state index in [1.807, 2.05) is 27.7 Å². The third-order valence-corrected chi connectivity index (χ3v) is 3.05. The molecule has 0 aromatic carbocycles. The summed E-state index contributed by atoms with van der Waals surface area (Å²) in [6.07, 6.45) is 0.651. The van der Waals surface area contributed by atoms with Crippen LogP contribution in [0.1, 0.15) is 57.5 Å². The van der Waals surface area contributed by atoms with Gasteiger partial charge in [0, 0.05) is 12.2 Å². The number of rotatable bonds is 5. The van der Waals surface area contributed by atoms with Crippen molar-refractivity contribution in [2.24, 2.45) is 0 Å². The van der Waals surface area contributed by atoms with Crippen LogP contribution >= 0.6 is 23.2 Å². The maximum Gasteiger partial charge on any atom is 0.160 e. The molecule has 1 rings (SSSR count). The van der Waals surface area contributed by atoms with Gasteiger partial charge in [0.05, 0.1) is 0 Å². The molecule has 1 aromatic heterocycles. The quantitative estimate of drug-likeness (QED) is 0.748. The molecule has 0 aliphatic rings. The summed E-state index contributed by atoms with van der Waals surface area (Å²) in [5, 5.41) is 0.848. The van der Waals surface area contributed by atoms with Gasteiger partial charge < -0.3 is 4.74 Å². The molecule has 96 valence electrons. The zero-order chi connectivity index (χ0) is 13.0. The van der Waals surface area contributed by atoms with Crippen molar-refractivity contribution in [1.29, 1.82) is 0 Å². The van der Waals surface area contributed by atoms with E-state index in [9.17, 15) is 0 Å². The van der Waals surface area contributed by atoms with E-state index in [1.165, 1.54) is 0 Å². The third kappa shape index (κ3) is 3.54. The van der Waals surface area contributed by atoms with Crippen molar-refractivity contribution in [3.8, 4) is 0 Å². The normalized spacial score (nSPS) is 13.1. The van der Waals surface area contributed by atoms with E-state index in [-0.39, 0.29) is 12.0 Å². The Morgan fingerprint density at radius 1 is 1.12 bits per heavy atom. The Balaban J connectivity index is 3.12. The van der Waals surface area contributed by atoms with Gasteiger partial charge >= 0.3 is 0 Å². The number of halogens is 2. The molecular formula is C12H18Cl2N2O. The summed E-state index contributed by atoms with van der Waals surface area (Å²) in [6.45, 7) is 8.59. The minimum atomic E-state index is -0.142. The molecule has 0 fully saturated rings. The van der Waals surface area contributed by atoms with Gasteiger partial charge in [0.25, 0.3) is 0 Å². The monoisotopic (exact) mass is 276 g/mol. The van der Waals surface area contributed by atoms with E-state index in [2.05, 4.69) is 9.97 Å². The van der Waals surface area contributed by atoms with Crippen LogP contribution in [-0.4, -0.2) is 16.6 Å². The lowest BCUT2D eigenvalue weighted by Gasteiger charge is -2.16. The van der Waals surface area contributed by atoms with Crippen molar-refractivity contribution >= 4 is 23.2 Å². The predicted octanol–water partition coefficient (Wildman–Crippen LogP) is 4.39. The van der Waals surface area contributed by atoms with Crippen molar-refractivity contribution < 1.29 is 4.74 Å². The van der Waals surface area contributed by atoms with Crippen molar-refractivity contribution in [3.05, 3.63) is 21.7 Å². The van der Waals surface area contributed by atoms with Gasteiger partial charge in [-0.3, -0.25) is 0 Å². The van der Waals surface area contributed by atoms with E-state index in [4.69, 9.17) is 27.9 Å². The Hall–Kier alpha value is -0.380. The summed E-state index contributed by atoms with van der Waals surface area (Å²) in [5.74, 6) is 0.768. The van der Waals surface area contributed by atoms with Crippen LogP contribution < -0.4 is 0 Å². The maximum absolute atomic E-state index is 6.14. The van der Waals surface area contributed by atoms with Gasteiger partial charge in [-0.2, -0.15) is 0 Å². The lowest BCUT2D eigenvalue weighted by Crippen LogP contribution is -2.10. The van der Waals surface area contributed by atoms with Gasteiger partial charge in [-0.15, -0.1) is 0 Å². The van der Waals surface area contributed by atoms with E-state index < -0.39 is 0 Å². The highest BCUT2D eigenvalue weighted by Crippen LogP contribution is 2.30. The molecule has 0 saturated heterocycles. The molecule has 3 nitrogen and oxygen atoms in total. The van der Waals surface area contributed by atoms with Crippen LogP contribution in [0.2, 0.25) is 10.3 Å². The minimum Gasteiger partial charge on any atom is -0.371 e. The van der Waals surface area contributed by atoms with Crippen LogP contribution in [0.5, 0.6) is 0 Å². The summed E-state index contributed by atoms with van der Waals surface area (Å²) in [6, 6.07) is 0. The van der Waals surface area contributed by atoms with Crippen LogP contribution in [-0.2, 0) is 4.74 Å². The first-order valence-corrected chi connectivity index (χ1v) is 6.61. The van der Waals surface area contributed by atoms with Crippen LogP contribution in [0.25, 0.3) is 0 Å². The number of hydrogen-bond donors (Lipinski definition) is 0. The number of ether oxygens (including phenoxy) is 1. The summed E-state index contributed by atoms with van der Waals surface area (Å²) in [7, 11) is 0. The predicted molar refractivity (Wildman–Crippen MR) is 70.8 cm³/mol. The molecule has 5 heteroatoms. The van der Waals surface area contributed by atoms with Gasteiger partial charge in [-0.1, -0.05) is 44.0 Å². The SMILES string of the molecule is CCOC(CC)c1nc(Cl)c(C(C)C)c(Cl)n1. The summed E-state index contributed by atoms with van der Waals surface area (Å²) in [5.41, 5.74) is 0.795. The Morgan fingerprint density at radius 3 is 2.00 bits per heavy atom. The highest BCUT2D eigenvalue weighted by atomic mass is 35.5. The first-order chi connectivity index (χ1) is 8.01. The Bertz CT molecular complexity index is 360. The van der Waals surface area contributed by atoms with Crippen LogP contribution in [0.4, 0.5) is 0 Å². The molecule has 1 aromatic rings. The maximum atomic E-state index is 6.14. The highest BCUT2D eigenvalue weighted by Gasteiger charge is 2.19. The van der Waals surface area contributed by atoms with E-state index in [1.54, 1.807) is 0 Å². The van der Waals surface area contributed by atoms with Gasteiger partial charge in [0.2, 0.25) is 0 Å². The van der Waals surface area contributed by atoms with Gasteiger partial charge in [0.1, 0.15) is 16.4 Å². The second-order valence-electron chi connectivity index (χ2n) is 4.08. The number of aromatic nitrogens is 2. The van der Waals surface area contributed by atoms with E-state index in [0.29, 0.717) is 22.7 Å². The Kier molecular flexibility index (Phi) is 5.63. The molecule has 0 aliphatic heterocycles. The minimum absolute atomic E-state index is 0.142. The van der Waals surface area contributed by atoms with Gasteiger partial charge in [-0.25, -0.2) is 9.97 Å². The first kappa shape index (κ1) is 14.7. The Morgan fingerprint density at radius 2 is 1.65 bits per heavy atom. The summed E-state index contributed by atoms with van der Waals surface area (Å²) < 4.78 is 5.55. The molecule has 17 heavy (non-hydrogen) atoms. The molecule has 0 saturated carbocycles. The topological polar surface area (TPSA) is 35.0 Å². The van der Waals surface area contributed by atoms with E-state index >= 15 is 0 Å². The Labute approximate surface area is 113 Å². The molecule has 0 amide bonds. The molecule has 0 radical (unpaired) electrons. The average Bonchev–Trinajstić information content (AvgIpc) is 2.24. The molecule has 1 unspecified atom stereocenters. The van der Waals surface area contributed by atoms with Crippen molar-refractivity contribution in [2.75, 3.05) is 6.61 Å². The summed E-state index contributed by atoms with van der Waals surface area (Å²) >= 11 is 12.3. The highest BCUT2D eigenvalue weighted by molar-refractivity contribution is 6.34. The molecule has 0 bridgehead atoms. The third-order valence-electron chi connectivity index (χ3n) is 2.47. The lowest BCUT2D eigenvalue weighted by molar-refractivity contribution is 0.0534. The molecule has 1 heterocycles. The fraction of sp³-hybridized carbons (Fsp3) is 0.667. The average molecular weight is 277 g/mol.